The van der Waals surface area contributed by atoms with E-state index in [9.17, 15) is 19.2 Å². The highest BCUT2D eigenvalue weighted by Gasteiger charge is 2.30. The lowest BCUT2D eigenvalue weighted by atomic mass is 10.2. The minimum absolute atomic E-state index is 0.00311. The van der Waals surface area contributed by atoms with Crippen molar-refractivity contribution in [2.24, 2.45) is 5.92 Å². The van der Waals surface area contributed by atoms with Gasteiger partial charge in [0.1, 0.15) is 5.82 Å². The number of aromatic amines is 1. The number of unbranched alkanes of at least 4 members (excludes halogenated alkanes) is 2. The minimum Gasteiger partial charge on any atom is -0.383 e. The minimum atomic E-state index is -0.680. The van der Waals surface area contributed by atoms with Gasteiger partial charge in [0, 0.05) is 24.4 Å². The Labute approximate surface area is 189 Å². The lowest BCUT2D eigenvalue weighted by Gasteiger charge is -2.24. The zero-order valence-corrected chi connectivity index (χ0v) is 19.3. The van der Waals surface area contributed by atoms with E-state index < -0.39 is 11.2 Å². The van der Waals surface area contributed by atoms with Gasteiger partial charge in [-0.05, 0) is 25.7 Å². The molecular weight excluding hydrogens is 432 g/mol. The molecule has 2 heterocycles. The fraction of sp³-hybridized carbons (Fsp3) is 0.571. The van der Waals surface area contributed by atoms with Gasteiger partial charge in [-0.1, -0.05) is 26.7 Å². The molecule has 3 rings (SSSR count). The molecule has 1 aliphatic carbocycles. The predicted octanol–water partition coefficient (Wildman–Crippen LogP) is 2.10. The van der Waals surface area contributed by atoms with E-state index in [1.165, 1.54) is 20.8 Å². The van der Waals surface area contributed by atoms with Crippen molar-refractivity contribution in [1.29, 1.82) is 0 Å². The van der Waals surface area contributed by atoms with E-state index in [2.05, 4.69) is 15.3 Å². The molecule has 0 aromatic carbocycles. The van der Waals surface area contributed by atoms with E-state index in [-0.39, 0.29) is 35.7 Å². The van der Waals surface area contributed by atoms with Gasteiger partial charge in [0.25, 0.3) is 5.56 Å². The molecule has 0 radical (unpaired) electrons. The summed E-state index contributed by atoms with van der Waals surface area (Å²) in [5.41, 5.74) is 5.45. The molecule has 2 amide bonds. The average Bonchev–Trinajstić information content (AvgIpc) is 3.51. The number of nitrogens with zero attached hydrogens (tertiary/aromatic N) is 3. The van der Waals surface area contributed by atoms with Gasteiger partial charge in [-0.25, -0.2) is 9.78 Å². The molecule has 32 heavy (non-hydrogen) atoms. The van der Waals surface area contributed by atoms with Crippen LogP contribution >= 0.6 is 11.3 Å². The normalized spacial score (nSPS) is 13.2. The summed E-state index contributed by atoms with van der Waals surface area (Å²) in [6.07, 6.45) is 4.78. The van der Waals surface area contributed by atoms with Crippen molar-refractivity contribution < 1.29 is 9.59 Å². The third-order valence-electron chi connectivity index (χ3n) is 5.32. The number of rotatable bonds is 11. The Hall–Kier alpha value is -2.95. The van der Waals surface area contributed by atoms with Crippen molar-refractivity contribution >= 4 is 39.8 Å². The molecule has 0 spiro atoms. The fourth-order valence-electron chi connectivity index (χ4n) is 3.30. The van der Waals surface area contributed by atoms with Gasteiger partial charge in [-0.2, -0.15) is 0 Å². The number of amides is 2. The number of nitrogens with two attached hydrogens (primary N) is 1. The zero-order valence-electron chi connectivity index (χ0n) is 18.5. The molecule has 0 aliphatic heterocycles. The smallest absolute Gasteiger partial charge is 0.330 e. The molecule has 1 fully saturated rings. The van der Waals surface area contributed by atoms with Crippen LogP contribution in [0.15, 0.2) is 15.0 Å². The molecule has 1 aliphatic rings. The number of thiazole rings is 1. The van der Waals surface area contributed by atoms with Crippen LogP contribution in [0.3, 0.4) is 0 Å². The number of aromatic nitrogens is 3. The van der Waals surface area contributed by atoms with Gasteiger partial charge in [0.05, 0.1) is 12.1 Å². The average molecular weight is 463 g/mol. The van der Waals surface area contributed by atoms with Crippen LogP contribution in [-0.2, 0) is 22.6 Å². The lowest BCUT2D eigenvalue weighted by Crippen LogP contribution is -2.42. The third-order valence-corrected chi connectivity index (χ3v) is 6.12. The Balaban J connectivity index is 1.84. The number of carbonyl (C=O) groups excluding carboxylic acids is 2. The lowest BCUT2D eigenvalue weighted by molar-refractivity contribution is -0.118. The first-order chi connectivity index (χ1) is 15.3. The van der Waals surface area contributed by atoms with E-state index in [0.29, 0.717) is 36.8 Å². The van der Waals surface area contributed by atoms with Crippen LogP contribution in [0, 0.1) is 5.92 Å². The molecular formula is C21H30N6O4S. The second-order valence-electron chi connectivity index (χ2n) is 7.98. The van der Waals surface area contributed by atoms with E-state index in [4.69, 9.17) is 5.73 Å². The van der Waals surface area contributed by atoms with Crippen molar-refractivity contribution in [3.63, 3.8) is 0 Å². The van der Waals surface area contributed by atoms with Gasteiger partial charge in [-0.3, -0.25) is 23.9 Å². The number of anilines is 3. The van der Waals surface area contributed by atoms with Crippen LogP contribution in [0.2, 0.25) is 0 Å². The molecule has 4 N–H and O–H groups in total. The quantitative estimate of drug-likeness (QED) is 0.467. The van der Waals surface area contributed by atoms with E-state index in [0.717, 1.165) is 25.7 Å². The molecule has 174 valence electrons. The number of hydrogen-bond donors (Lipinski definition) is 3. The Morgan fingerprint density at radius 3 is 2.66 bits per heavy atom. The summed E-state index contributed by atoms with van der Waals surface area (Å²) in [6.45, 7) is 4.62. The first kappa shape index (κ1) is 23.7. The maximum absolute atomic E-state index is 13.2. The van der Waals surface area contributed by atoms with Crippen LogP contribution < -0.4 is 27.2 Å². The van der Waals surface area contributed by atoms with E-state index in [1.54, 1.807) is 5.38 Å². The summed E-state index contributed by atoms with van der Waals surface area (Å²) in [4.78, 5) is 58.0. The zero-order chi connectivity index (χ0) is 23.3. The third kappa shape index (κ3) is 5.64. The number of H-pyrrole nitrogens is 1. The van der Waals surface area contributed by atoms with Crippen molar-refractivity contribution in [1.82, 2.24) is 14.5 Å². The largest absolute Gasteiger partial charge is 0.383 e. The van der Waals surface area contributed by atoms with Crippen LogP contribution in [0.25, 0.3) is 0 Å². The summed E-state index contributed by atoms with van der Waals surface area (Å²) >= 11 is 1.26. The van der Waals surface area contributed by atoms with Crippen molar-refractivity contribution in [3.05, 3.63) is 31.9 Å². The topological polar surface area (TPSA) is 143 Å². The van der Waals surface area contributed by atoms with E-state index in [1.807, 2.05) is 13.8 Å². The maximum atomic E-state index is 13.2. The molecule has 0 saturated heterocycles. The van der Waals surface area contributed by atoms with Gasteiger partial charge in [-0.15, -0.1) is 11.3 Å². The van der Waals surface area contributed by atoms with Gasteiger partial charge < -0.3 is 16.0 Å². The summed E-state index contributed by atoms with van der Waals surface area (Å²) in [5.74, 6) is -0.337. The highest BCUT2D eigenvalue weighted by Crippen LogP contribution is 2.30. The number of nitrogens with one attached hydrogen (secondary N) is 2. The molecule has 2 aromatic heterocycles. The first-order valence-corrected chi connectivity index (χ1v) is 11.9. The second-order valence-corrected chi connectivity index (χ2v) is 8.84. The van der Waals surface area contributed by atoms with Crippen molar-refractivity contribution in [2.45, 2.75) is 65.3 Å². The predicted molar refractivity (Wildman–Crippen MR) is 125 cm³/mol. The van der Waals surface area contributed by atoms with Crippen LogP contribution in [0.5, 0.6) is 0 Å². The number of carbonyl (C=O) groups is 2. The molecule has 0 atom stereocenters. The van der Waals surface area contributed by atoms with Crippen molar-refractivity contribution in [2.75, 3.05) is 22.5 Å². The summed E-state index contributed by atoms with van der Waals surface area (Å²) in [7, 11) is 0. The standard InChI is InChI=1S/C21H30N6O4S/c1-3-5-9-26(16-17(22)27(10-6-4-2)21(31)25-19(16)30)15(28)11-14-12-32-20(23-14)24-18(29)13-7-8-13/h12-13H,3-11,22H2,1-2H3,(H,23,24,29)(H,25,30,31). The summed E-state index contributed by atoms with van der Waals surface area (Å²) in [5, 5.41) is 4.95. The monoisotopic (exact) mass is 462 g/mol. The molecule has 10 nitrogen and oxygen atoms in total. The van der Waals surface area contributed by atoms with Gasteiger partial charge >= 0.3 is 5.69 Å². The molecule has 2 aromatic rings. The molecule has 11 heteroatoms. The van der Waals surface area contributed by atoms with Crippen LogP contribution in [-0.4, -0.2) is 32.9 Å². The molecule has 1 saturated carbocycles. The Morgan fingerprint density at radius 1 is 1.28 bits per heavy atom. The highest BCUT2D eigenvalue weighted by molar-refractivity contribution is 7.13. The summed E-state index contributed by atoms with van der Waals surface area (Å²) < 4.78 is 1.31. The van der Waals surface area contributed by atoms with Gasteiger partial charge in [0.15, 0.2) is 10.8 Å². The van der Waals surface area contributed by atoms with Crippen molar-refractivity contribution in [3.8, 4) is 0 Å². The second kappa shape index (κ2) is 10.6. The SMILES string of the molecule is CCCCN(C(=O)Cc1csc(NC(=O)C2CC2)n1)c1c(N)n(CCCC)c(=O)[nH]c1=O. The maximum Gasteiger partial charge on any atom is 0.330 e. The Bertz CT molecular complexity index is 1080. The summed E-state index contributed by atoms with van der Waals surface area (Å²) in [6, 6.07) is 0. The highest BCUT2D eigenvalue weighted by atomic mass is 32.1. The Kier molecular flexibility index (Phi) is 7.84. The number of hydrogen-bond acceptors (Lipinski definition) is 7. The Morgan fingerprint density at radius 2 is 2.00 bits per heavy atom. The van der Waals surface area contributed by atoms with Crippen LogP contribution in [0.1, 0.15) is 58.1 Å². The fourth-order valence-corrected chi connectivity index (χ4v) is 4.02. The molecule has 0 unspecified atom stereocenters. The van der Waals surface area contributed by atoms with E-state index >= 15 is 0 Å². The van der Waals surface area contributed by atoms with Gasteiger partial charge in [0.2, 0.25) is 11.8 Å². The number of nitrogen functional groups attached to an aromatic ring is 1. The first-order valence-electron chi connectivity index (χ1n) is 11.0. The van der Waals surface area contributed by atoms with Crippen LogP contribution in [0.4, 0.5) is 16.6 Å². The molecule has 0 bridgehead atoms.